The van der Waals surface area contributed by atoms with Crippen molar-refractivity contribution in [2.45, 2.75) is 46.0 Å². The summed E-state index contributed by atoms with van der Waals surface area (Å²) in [7, 11) is 1.59. The maximum absolute atomic E-state index is 12.9. The molecule has 9 heteroatoms. The highest BCUT2D eigenvalue weighted by molar-refractivity contribution is 8.27. The zero-order valence-electron chi connectivity index (χ0n) is 19.4. The van der Waals surface area contributed by atoms with Crippen LogP contribution in [0, 0.1) is 25.2 Å². The SMILES string of the molecule is COc1ccc(-n2c(C)cc(/C=C3\C(=N)N4N=C(C5CCCCC5)SC4=NC3=O)c2C)cc1Cl. The van der Waals surface area contributed by atoms with Gasteiger partial charge in [-0.05, 0) is 74.4 Å². The summed E-state index contributed by atoms with van der Waals surface area (Å²) in [5.74, 6) is 0.686. The van der Waals surface area contributed by atoms with Crippen LogP contribution in [0.4, 0.5) is 0 Å². The van der Waals surface area contributed by atoms with E-state index in [1.807, 2.05) is 38.1 Å². The molecule has 1 aromatic heterocycles. The highest BCUT2D eigenvalue weighted by atomic mass is 35.5. The first-order valence-electron chi connectivity index (χ1n) is 11.4. The number of amides is 1. The van der Waals surface area contributed by atoms with Gasteiger partial charge >= 0.3 is 0 Å². The van der Waals surface area contributed by atoms with Gasteiger partial charge in [0, 0.05) is 23.0 Å². The zero-order chi connectivity index (χ0) is 24.0. The molecule has 176 valence electrons. The van der Waals surface area contributed by atoms with Crippen molar-refractivity contribution in [3.05, 3.63) is 51.8 Å². The molecule has 1 aliphatic carbocycles. The Balaban J connectivity index is 1.47. The quantitative estimate of drug-likeness (QED) is 0.531. The lowest BCUT2D eigenvalue weighted by atomic mass is 9.90. The molecule has 2 aromatic rings. The van der Waals surface area contributed by atoms with E-state index in [0.29, 0.717) is 21.9 Å². The summed E-state index contributed by atoms with van der Waals surface area (Å²) in [5.41, 5.74) is 3.90. The number of aliphatic imine (C=N–C) groups is 1. The predicted molar refractivity (Wildman–Crippen MR) is 138 cm³/mol. The fraction of sp³-hybridized carbons (Fsp3) is 0.360. The fourth-order valence-corrected chi connectivity index (χ4v) is 6.11. The summed E-state index contributed by atoms with van der Waals surface area (Å²) in [4.78, 5) is 17.2. The van der Waals surface area contributed by atoms with Gasteiger partial charge in [-0.2, -0.15) is 15.1 Å². The standard InChI is InChI=1S/C25H26ClN5O2S/c1-14-11-17(15(2)30(14)18-9-10-21(33-3)20(26)13-18)12-19-22(27)31-25(28-23(19)32)34-24(29-31)16-7-5-4-6-8-16/h9-13,16,27H,4-8H2,1-3H3/b19-12+,27-22?. The number of fused-ring (bicyclic) bond motifs is 1. The number of aryl methyl sites for hydroxylation is 1. The third-order valence-electron chi connectivity index (χ3n) is 6.59. The van der Waals surface area contributed by atoms with Crippen LogP contribution >= 0.6 is 23.4 Å². The minimum atomic E-state index is -0.402. The molecule has 0 atom stereocenters. The van der Waals surface area contributed by atoms with Crippen molar-refractivity contribution in [1.82, 2.24) is 9.58 Å². The molecule has 1 aromatic carbocycles. The van der Waals surface area contributed by atoms with Crippen molar-refractivity contribution in [2.24, 2.45) is 16.0 Å². The Hall–Kier alpha value is -2.84. The summed E-state index contributed by atoms with van der Waals surface area (Å²) in [6.07, 6.45) is 7.63. The number of methoxy groups -OCH3 is 1. The van der Waals surface area contributed by atoms with Gasteiger partial charge in [-0.3, -0.25) is 10.2 Å². The van der Waals surface area contributed by atoms with Crippen LogP contribution in [0.25, 0.3) is 11.8 Å². The highest BCUT2D eigenvalue weighted by Crippen LogP contribution is 2.36. The molecule has 34 heavy (non-hydrogen) atoms. The van der Waals surface area contributed by atoms with E-state index in [9.17, 15) is 4.79 Å². The van der Waals surface area contributed by atoms with E-state index in [2.05, 4.69) is 9.56 Å². The number of aromatic nitrogens is 1. The van der Waals surface area contributed by atoms with Crippen LogP contribution in [0.3, 0.4) is 0 Å². The van der Waals surface area contributed by atoms with Crippen molar-refractivity contribution < 1.29 is 9.53 Å². The third-order valence-corrected chi connectivity index (χ3v) is 7.95. The van der Waals surface area contributed by atoms with E-state index in [1.165, 1.54) is 36.0 Å². The second-order valence-electron chi connectivity index (χ2n) is 8.77. The van der Waals surface area contributed by atoms with Crippen molar-refractivity contribution in [3.8, 4) is 11.4 Å². The second kappa shape index (κ2) is 9.07. The van der Waals surface area contributed by atoms with E-state index in [4.69, 9.17) is 26.8 Å². The maximum atomic E-state index is 12.9. The predicted octanol–water partition coefficient (Wildman–Crippen LogP) is 5.96. The molecule has 0 radical (unpaired) electrons. The number of amidine groups is 2. The number of ether oxygens (including phenoxy) is 1. The molecule has 1 fully saturated rings. The molecule has 3 aliphatic rings. The van der Waals surface area contributed by atoms with Crippen molar-refractivity contribution in [3.63, 3.8) is 0 Å². The van der Waals surface area contributed by atoms with Gasteiger partial charge in [-0.15, -0.1) is 0 Å². The summed E-state index contributed by atoms with van der Waals surface area (Å²) < 4.78 is 7.33. The lowest BCUT2D eigenvalue weighted by molar-refractivity contribution is -0.114. The topological polar surface area (TPSA) is 83.0 Å². The Labute approximate surface area is 208 Å². The number of carbonyl (C=O) groups is 1. The van der Waals surface area contributed by atoms with E-state index in [0.717, 1.165) is 40.5 Å². The number of thioether (sulfide) groups is 1. The van der Waals surface area contributed by atoms with Gasteiger partial charge in [-0.25, -0.2) is 0 Å². The van der Waals surface area contributed by atoms with Crippen molar-refractivity contribution >= 4 is 51.4 Å². The molecule has 0 unspecified atom stereocenters. The van der Waals surface area contributed by atoms with Crippen LogP contribution in [0.15, 0.2) is 39.9 Å². The highest BCUT2D eigenvalue weighted by Gasteiger charge is 2.38. The van der Waals surface area contributed by atoms with Gasteiger partial charge in [0.2, 0.25) is 5.17 Å². The van der Waals surface area contributed by atoms with Crippen LogP contribution in [-0.2, 0) is 4.79 Å². The van der Waals surface area contributed by atoms with Gasteiger partial charge < -0.3 is 9.30 Å². The summed E-state index contributed by atoms with van der Waals surface area (Å²) >= 11 is 7.78. The number of carbonyl (C=O) groups excluding carboxylic acids is 1. The number of rotatable bonds is 4. The molecule has 0 bridgehead atoms. The minimum Gasteiger partial charge on any atom is -0.495 e. The van der Waals surface area contributed by atoms with Crippen LogP contribution in [0.2, 0.25) is 5.02 Å². The molecule has 0 spiro atoms. The van der Waals surface area contributed by atoms with Crippen molar-refractivity contribution in [1.29, 1.82) is 5.41 Å². The summed E-state index contributed by atoms with van der Waals surface area (Å²) in [6.45, 7) is 3.98. The van der Waals surface area contributed by atoms with Crippen LogP contribution < -0.4 is 4.74 Å². The summed E-state index contributed by atoms with van der Waals surface area (Å²) in [5, 5.41) is 16.9. The Morgan fingerprint density at radius 3 is 2.68 bits per heavy atom. The largest absolute Gasteiger partial charge is 0.495 e. The first kappa shape index (κ1) is 22.9. The molecule has 1 amide bonds. The molecular formula is C25H26ClN5O2S. The monoisotopic (exact) mass is 495 g/mol. The van der Waals surface area contributed by atoms with E-state index < -0.39 is 5.91 Å². The van der Waals surface area contributed by atoms with Crippen molar-refractivity contribution in [2.75, 3.05) is 7.11 Å². The molecule has 2 aliphatic heterocycles. The zero-order valence-corrected chi connectivity index (χ0v) is 21.0. The van der Waals surface area contributed by atoms with Crippen LogP contribution in [-0.4, -0.2) is 38.6 Å². The number of hydrogen-bond acceptors (Lipinski definition) is 5. The Morgan fingerprint density at radius 2 is 1.97 bits per heavy atom. The molecular weight excluding hydrogens is 470 g/mol. The number of nitrogens with zero attached hydrogens (tertiary/aromatic N) is 4. The molecule has 3 heterocycles. The fourth-order valence-electron chi connectivity index (χ4n) is 4.80. The number of nitrogens with one attached hydrogen (secondary N) is 1. The van der Waals surface area contributed by atoms with Gasteiger partial charge in [0.25, 0.3) is 5.91 Å². The average Bonchev–Trinajstić information content (AvgIpc) is 3.37. The molecule has 1 saturated carbocycles. The average molecular weight is 496 g/mol. The van der Waals surface area contributed by atoms with Crippen LogP contribution in [0.5, 0.6) is 5.75 Å². The van der Waals surface area contributed by atoms with E-state index >= 15 is 0 Å². The Kier molecular flexibility index (Phi) is 6.12. The molecule has 0 saturated heterocycles. The third kappa shape index (κ3) is 3.99. The van der Waals surface area contributed by atoms with Crippen LogP contribution in [0.1, 0.15) is 49.1 Å². The van der Waals surface area contributed by atoms with Gasteiger partial charge in [0.05, 0.1) is 17.7 Å². The maximum Gasteiger partial charge on any atom is 0.283 e. The molecule has 5 rings (SSSR count). The minimum absolute atomic E-state index is 0.0746. The van der Waals surface area contributed by atoms with E-state index in [-0.39, 0.29) is 11.4 Å². The smallest absolute Gasteiger partial charge is 0.283 e. The normalized spacial score (nSPS) is 20.0. The number of halogens is 1. The van der Waals surface area contributed by atoms with Gasteiger partial charge in [0.1, 0.15) is 10.8 Å². The lowest BCUT2D eigenvalue weighted by Gasteiger charge is -2.20. The first-order chi connectivity index (χ1) is 16.4. The molecule has 1 N–H and O–H groups in total. The number of benzene rings is 1. The lowest BCUT2D eigenvalue weighted by Crippen LogP contribution is -2.35. The Bertz CT molecular complexity index is 1290. The Morgan fingerprint density at radius 1 is 1.21 bits per heavy atom. The molecule has 7 nitrogen and oxygen atoms in total. The van der Waals surface area contributed by atoms with Gasteiger partial charge in [-0.1, -0.05) is 30.9 Å². The summed E-state index contributed by atoms with van der Waals surface area (Å²) in [6, 6.07) is 7.62. The number of hydrogen-bond donors (Lipinski definition) is 1. The van der Waals surface area contributed by atoms with Gasteiger partial charge in [0.15, 0.2) is 5.84 Å². The number of hydrazone groups is 1. The van der Waals surface area contributed by atoms with E-state index in [1.54, 1.807) is 13.2 Å². The first-order valence-corrected chi connectivity index (χ1v) is 12.6. The second-order valence-corrected chi connectivity index (χ2v) is 10.2.